The molecule has 0 fully saturated rings. The average Bonchev–Trinajstić information content (AvgIpc) is 2.78. The molecule has 4 aromatic rings. The summed E-state index contributed by atoms with van der Waals surface area (Å²) in [5.41, 5.74) is 2.35. The zero-order valence-corrected chi connectivity index (χ0v) is 15.8. The molecule has 0 aromatic heterocycles. The summed E-state index contributed by atoms with van der Waals surface area (Å²) < 4.78 is 5.67. The normalized spacial score (nSPS) is 10.1. The lowest BCUT2D eigenvalue weighted by molar-refractivity contribution is -0.118. The third-order valence-corrected chi connectivity index (χ3v) is 4.41. The molecule has 29 heavy (non-hydrogen) atoms. The number of para-hydroxylation sites is 1. The van der Waals surface area contributed by atoms with Gasteiger partial charge in [0.05, 0.1) is 5.69 Å². The molecule has 1 N–H and O–H groups in total. The van der Waals surface area contributed by atoms with Gasteiger partial charge < -0.3 is 10.1 Å². The molecule has 4 rings (SSSR count). The molecule has 0 aliphatic rings. The van der Waals surface area contributed by atoms with E-state index in [0.29, 0.717) is 11.4 Å². The molecule has 3 nitrogen and oxygen atoms in total. The number of carbonyl (C=O) groups is 1. The van der Waals surface area contributed by atoms with Crippen molar-refractivity contribution in [3.8, 4) is 17.6 Å². The van der Waals surface area contributed by atoms with Crippen LogP contribution in [0.5, 0.6) is 5.75 Å². The fraction of sp³-hybridized carbons (Fsp3) is 0.0385. The van der Waals surface area contributed by atoms with Crippen LogP contribution in [0, 0.1) is 11.8 Å². The first-order valence-electron chi connectivity index (χ1n) is 9.35. The predicted octanol–water partition coefficient (Wildman–Crippen LogP) is 5.26. The topological polar surface area (TPSA) is 38.3 Å². The van der Waals surface area contributed by atoms with Gasteiger partial charge in [0, 0.05) is 11.1 Å². The Morgan fingerprint density at radius 1 is 0.759 bits per heavy atom. The summed E-state index contributed by atoms with van der Waals surface area (Å²) in [6.07, 6.45) is 0. The zero-order chi connectivity index (χ0) is 19.9. The van der Waals surface area contributed by atoms with E-state index in [1.54, 1.807) is 0 Å². The molecule has 0 atom stereocenters. The van der Waals surface area contributed by atoms with Gasteiger partial charge in [-0.25, -0.2) is 0 Å². The van der Waals surface area contributed by atoms with Gasteiger partial charge in [-0.15, -0.1) is 0 Å². The standard InChI is InChI=1S/C26H19NO2/c28-26(19-29-24-17-16-21-10-4-5-12-23(21)18-24)27-25-13-7-6-11-22(25)15-14-20-8-2-1-3-9-20/h1-13,16-18H,19H2,(H,27,28). The van der Waals surface area contributed by atoms with Crippen molar-refractivity contribution in [2.45, 2.75) is 0 Å². The van der Waals surface area contributed by atoms with Crippen molar-refractivity contribution in [2.24, 2.45) is 0 Å². The Labute approximate surface area is 170 Å². The largest absolute Gasteiger partial charge is 0.484 e. The second-order valence-electron chi connectivity index (χ2n) is 6.51. The number of hydrogen-bond donors (Lipinski definition) is 1. The van der Waals surface area contributed by atoms with Crippen LogP contribution in [0.15, 0.2) is 97.1 Å². The van der Waals surface area contributed by atoms with Crippen molar-refractivity contribution in [3.63, 3.8) is 0 Å². The van der Waals surface area contributed by atoms with E-state index in [2.05, 4.69) is 17.2 Å². The number of ether oxygens (including phenoxy) is 1. The van der Waals surface area contributed by atoms with Crippen molar-refractivity contribution in [3.05, 3.63) is 108 Å². The van der Waals surface area contributed by atoms with Crippen molar-refractivity contribution < 1.29 is 9.53 Å². The molecule has 0 saturated carbocycles. The number of amides is 1. The summed E-state index contributed by atoms with van der Waals surface area (Å²) in [5, 5.41) is 5.10. The van der Waals surface area contributed by atoms with E-state index in [-0.39, 0.29) is 12.5 Å². The molecule has 0 spiro atoms. The third-order valence-electron chi connectivity index (χ3n) is 4.41. The fourth-order valence-electron chi connectivity index (χ4n) is 2.95. The molecule has 140 valence electrons. The number of nitrogens with one attached hydrogen (secondary N) is 1. The minimum atomic E-state index is -0.230. The lowest BCUT2D eigenvalue weighted by atomic mass is 10.1. The van der Waals surface area contributed by atoms with E-state index in [1.807, 2.05) is 97.1 Å². The number of hydrogen-bond acceptors (Lipinski definition) is 2. The second kappa shape index (κ2) is 8.77. The van der Waals surface area contributed by atoms with Crippen molar-refractivity contribution in [1.82, 2.24) is 0 Å². The van der Waals surface area contributed by atoms with Crippen LogP contribution in [0.2, 0.25) is 0 Å². The first kappa shape index (κ1) is 18.3. The van der Waals surface area contributed by atoms with Gasteiger partial charge in [0.25, 0.3) is 5.91 Å². The van der Waals surface area contributed by atoms with Gasteiger partial charge >= 0.3 is 0 Å². The smallest absolute Gasteiger partial charge is 0.262 e. The van der Waals surface area contributed by atoms with E-state index < -0.39 is 0 Å². The lowest BCUT2D eigenvalue weighted by Crippen LogP contribution is -2.20. The van der Waals surface area contributed by atoms with Crippen molar-refractivity contribution >= 4 is 22.4 Å². The molecule has 4 aromatic carbocycles. The Balaban J connectivity index is 1.42. The van der Waals surface area contributed by atoms with E-state index >= 15 is 0 Å². The van der Waals surface area contributed by atoms with Gasteiger partial charge in [0.1, 0.15) is 5.75 Å². The first-order valence-corrected chi connectivity index (χ1v) is 9.35. The Hall–Kier alpha value is -4.03. The molecular formula is C26H19NO2. The van der Waals surface area contributed by atoms with E-state index in [1.165, 1.54) is 0 Å². The Kier molecular flexibility index (Phi) is 5.55. The lowest BCUT2D eigenvalue weighted by Gasteiger charge is -2.09. The van der Waals surface area contributed by atoms with E-state index in [9.17, 15) is 4.79 Å². The highest BCUT2D eigenvalue weighted by Crippen LogP contribution is 2.20. The number of carbonyl (C=O) groups excluding carboxylic acids is 1. The molecule has 0 saturated heterocycles. The van der Waals surface area contributed by atoms with Crippen LogP contribution in [0.4, 0.5) is 5.69 Å². The monoisotopic (exact) mass is 377 g/mol. The highest BCUT2D eigenvalue weighted by molar-refractivity contribution is 5.93. The molecule has 0 aliphatic heterocycles. The zero-order valence-electron chi connectivity index (χ0n) is 15.8. The average molecular weight is 377 g/mol. The highest BCUT2D eigenvalue weighted by atomic mass is 16.5. The first-order chi connectivity index (χ1) is 14.3. The molecule has 1 amide bonds. The van der Waals surface area contributed by atoms with Crippen LogP contribution in [0.3, 0.4) is 0 Å². The summed E-state index contributed by atoms with van der Waals surface area (Å²) in [5.74, 6) is 6.67. The highest BCUT2D eigenvalue weighted by Gasteiger charge is 2.07. The summed E-state index contributed by atoms with van der Waals surface area (Å²) in [6, 6.07) is 31.1. The van der Waals surface area contributed by atoms with Crippen LogP contribution in [-0.4, -0.2) is 12.5 Å². The third kappa shape index (κ3) is 4.82. The van der Waals surface area contributed by atoms with Crippen LogP contribution < -0.4 is 10.1 Å². The van der Waals surface area contributed by atoms with Gasteiger partial charge in [0.2, 0.25) is 0 Å². The van der Waals surface area contributed by atoms with E-state index in [4.69, 9.17) is 4.74 Å². The predicted molar refractivity (Wildman–Crippen MR) is 117 cm³/mol. The van der Waals surface area contributed by atoms with Gasteiger partial charge in [-0.05, 0) is 47.2 Å². The maximum absolute atomic E-state index is 12.4. The van der Waals surface area contributed by atoms with Gasteiger partial charge in [-0.3, -0.25) is 4.79 Å². The quantitative estimate of drug-likeness (QED) is 0.493. The minimum Gasteiger partial charge on any atom is -0.484 e. The number of fused-ring (bicyclic) bond motifs is 1. The summed E-state index contributed by atoms with van der Waals surface area (Å²) in [4.78, 5) is 12.4. The molecule has 3 heteroatoms. The Morgan fingerprint density at radius 2 is 1.48 bits per heavy atom. The summed E-state index contributed by atoms with van der Waals surface area (Å²) in [6.45, 7) is -0.0706. The van der Waals surface area contributed by atoms with Crippen LogP contribution in [0.1, 0.15) is 11.1 Å². The van der Waals surface area contributed by atoms with Crippen molar-refractivity contribution in [2.75, 3.05) is 11.9 Å². The summed E-state index contributed by atoms with van der Waals surface area (Å²) >= 11 is 0. The molecule has 0 heterocycles. The van der Waals surface area contributed by atoms with Gasteiger partial charge in [-0.1, -0.05) is 72.5 Å². The Bertz CT molecular complexity index is 1200. The second-order valence-corrected chi connectivity index (χ2v) is 6.51. The SMILES string of the molecule is O=C(COc1ccc2ccccc2c1)Nc1ccccc1C#Cc1ccccc1. The molecule has 0 bridgehead atoms. The molecule has 0 unspecified atom stereocenters. The Morgan fingerprint density at radius 3 is 2.34 bits per heavy atom. The maximum Gasteiger partial charge on any atom is 0.262 e. The van der Waals surface area contributed by atoms with Crippen LogP contribution >= 0.6 is 0 Å². The number of rotatable bonds is 4. The number of benzene rings is 4. The maximum atomic E-state index is 12.4. The van der Waals surface area contributed by atoms with Crippen LogP contribution in [0.25, 0.3) is 10.8 Å². The molecule has 0 radical (unpaired) electrons. The molecular weight excluding hydrogens is 358 g/mol. The van der Waals surface area contributed by atoms with E-state index in [0.717, 1.165) is 21.9 Å². The number of anilines is 1. The minimum absolute atomic E-state index is 0.0706. The fourth-order valence-corrected chi connectivity index (χ4v) is 2.95. The van der Waals surface area contributed by atoms with Gasteiger partial charge in [0.15, 0.2) is 6.61 Å². The summed E-state index contributed by atoms with van der Waals surface area (Å²) in [7, 11) is 0. The van der Waals surface area contributed by atoms with Crippen LogP contribution in [-0.2, 0) is 4.79 Å². The molecule has 0 aliphatic carbocycles. The van der Waals surface area contributed by atoms with Crippen molar-refractivity contribution in [1.29, 1.82) is 0 Å². The van der Waals surface area contributed by atoms with Gasteiger partial charge in [-0.2, -0.15) is 0 Å².